The molecule has 0 aromatic heterocycles. The van der Waals surface area contributed by atoms with Crippen LogP contribution in [0.15, 0.2) is 42.5 Å². The standard InChI is InChI=1S/C27H38N2O3S/c1-7-21(5)28-27(31)25(8-2)29(16-22-10-9-11-24(15-22)32-6)26(30)18-33-17-23-13-19(3)12-20(4)14-23/h9-15,21,25H,7-8,16-18H2,1-6H3,(H,28,31)/t21-,25+/m0/s1. The lowest BCUT2D eigenvalue weighted by Crippen LogP contribution is -2.51. The molecule has 0 aliphatic carbocycles. The number of nitrogens with zero attached hydrogens (tertiary/aromatic N) is 1. The Hall–Kier alpha value is -2.47. The van der Waals surface area contributed by atoms with Crippen LogP contribution in [-0.2, 0) is 21.9 Å². The third-order valence-corrected chi connectivity index (χ3v) is 6.64. The highest BCUT2D eigenvalue weighted by Crippen LogP contribution is 2.20. The van der Waals surface area contributed by atoms with E-state index >= 15 is 0 Å². The summed E-state index contributed by atoms with van der Waals surface area (Å²) >= 11 is 1.59. The molecule has 0 fully saturated rings. The van der Waals surface area contributed by atoms with Crippen LogP contribution in [0, 0.1) is 13.8 Å². The van der Waals surface area contributed by atoms with Crippen LogP contribution in [0.1, 0.15) is 55.9 Å². The number of rotatable bonds is 12. The fourth-order valence-electron chi connectivity index (χ4n) is 3.82. The average molecular weight is 471 g/mol. The van der Waals surface area contributed by atoms with Gasteiger partial charge in [0.15, 0.2) is 0 Å². The number of aryl methyl sites for hydroxylation is 2. The molecule has 1 N–H and O–H groups in total. The van der Waals surface area contributed by atoms with Crippen molar-refractivity contribution in [2.75, 3.05) is 12.9 Å². The van der Waals surface area contributed by atoms with Gasteiger partial charge in [-0.1, -0.05) is 55.3 Å². The van der Waals surface area contributed by atoms with E-state index in [1.165, 1.54) is 16.7 Å². The molecule has 0 aliphatic heterocycles. The molecule has 2 aromatic carbocycles. The second kappa shape index (κ2) is 13.3. The second-order valence-corrected chi connectivity index (χ2v) is 9.59. The quantitative estimate of drug-likeness (QED) is 0.459. The van der Waals surface area contributed by atoms with Gasteiger partial charge < -0.3 is 15.0 Å². The predicted octanol–water partition coefficient (Wildman–Crippen LogP) is 5.27. The first kappa shape index (κ1) is 26.8. The van der Waals surface area contributed by atoms with E-state index in [1.807, 2.05) is 45.0 Å². The number of amides is 2. The van der Waals surface area contributed by atoms with Gasteiger partial charge in [0.2, 0.25) is 11.8 Å². The van der Waals surface area contributed by atoms with E-state index in [2.05, 4.69) is 37.4 Å². The van der Waals surface area contributed by atoms with Gasteiger partial charge in [-0.3, -0.25) is 9.59 Å². The van der Waals surface area contributed by atoms with Crippen molar-refractivity contribution in [2.24, 2.45) is 0 Å². The second-order valence-electron chi connectivity index (χ2n) is 8.60. The summed E-state index contributed by atoms with van der Waals surface area (Å²) in [7, 11) is 1.63. The summed E-state index contributed by atoms with van der Waals surface area (Å²) in [6.07, 6.45) is 1.40. The highest BCUT2D eigenvalue weighted by molar-refractivity contribution is 7.99. The fraction of sp³-hybridized carbons (Fsp3) is 0.481. The van der Waals surface area contributed by atoms with Gasteiger partial charge in [-0.2, -0.15) is 0 Å². The Kier molecular flexibility index (Phi) is 10.8. The summed E-state index contributed by atoms with van der Waals surface area (Å²) < 4.78 is 5.34. The van der Waals surface area contributed by atoms with E-state index in [0.717, 1.165) is 23.5 Å². The van der Waals surface area contributed by atoms with Crippen LogP contribution in [0.4, 0.5) is 0 Å². The lowest BCUT2D eigenvalue weighted by atomic mass is 10.1. The van der Waals surface area contributed by atoms with Crippen LogP contribution in [0.3, 0.4) is 0 Å². The largest absolute Gasteiger partial charge is 0.497 e. The topological polar surface area (TPSA) is 58.6 Å². The lowest BCUT2D eigenvalue weighted by molar-refractivity contribution is -0.139. The SMILES string of the molecule is CC[C@H](C(=O)N[C@@H](C)CC)N(Cc1cccc(OC)c1)C(=O)CSCc1cc(C)cc(C)c1. The number of hydrogen-bond donors (Lipinski definition) is 1. The minimum atomic E-state index is -0.514. The molecule has 0 saturated carbocycles. The van der Waals surface area contributed by atoms with Gasteiger partial charge in [-0.25, -0.2) is 0 Å². The van der Waals surface area contributed by atoms with Crippen molar-refractivity contribution in [2.45, 2.75) is 71.8 Å². The number of carbonyl (C=O) groups is 2. The number of thioether (sulfide) groups is 1. The van der Waals surface area contributed by atoms with Gasteiger partial charge in [0, 0.05) is 18.3 Å². The van der Waals surface area contributed by atoms with Crippen LogP contribution in [0.25, 0.3) is 0 Å². The molecule has 0 unspecified atom stereocenters. The molecule has 2 amide bonds. The van der Waals surface area contributed by atoms with Gasteiger partial charge in [-0.05, 0) is 56.9 Å². The molecule has 2 rings (SSSR count). The normalized spacial score (nSPS) is 12.7. The van der Waals surface area contributed by atoms with Gasteiger partial charge in [0.25, 0.3) is 0 Å². The highest BCUT2D eigenvalue weighted by Gasteiger charge is 2.29. The Bertz CT molecular complexity index is 911. The maximum atomic E-state index is 13.4. The van der Waals surface area contributed by atoms with Crippen molar-refractivity contribution >= 4 is 23.6 Å². The maximum Gasteiger partial charge on any atom is 0.243 e. The number of nitrogens with one attached hydrogen (secondary N) is 1. The zero-order chi connectivity index (χ0) is 24.4. The molecule has 6 heteroatoms. The summed E-state index contributed by atoms with van der Waals surface area (Å²) in [4.78, 5) is 28.1. The molecule has 180 valence electrons. The summed E-state index contributed by atoms with van der Waals surface area (Å²) in [6, 6.07) is 13.7. The van der Waals surface area contributed by atoms with Gasteiger partial charge in [0.1, 0.15) is 11.8 Å². The Balaban J connectivity index is 2.18. The Morgan fingerprint density at radius 1 is 1.03 bits per heavy atom. The molecule has 0 spiro atoms. The van der Waals surface area contributed by atoms with Crippen molar-refractivity contribution in [3.8, 4) is 5.75 Å². The molecule has 2 atom stereocenters. The smallest absolute Gasteiger partial charge is 0.243 e. The summed E-state index contributed by atoms with van der Waals surface area (Å²) in [5.41, 5.74) is 4.61. The molecule has 0 aliphatic rings. The van der Waals surface area contributed by atoms with Crippen molar-refractivity contribution in [1.82, 2.24) is 10.2 Å². The monoisotopic (exact) mass is 470 g/mol. The fourth-order valence-corrected chi connectivity index (χ4v) is 4.66. The average Bonchev–Trinajstić information content (AvgIpc) is 2.78. The molecule has 0 radical (unpaired) electrons. The number of methoxy groups -OCH3 is 1. The molecular weight excluding hydrogens is 432 g/mol. The zero-order valence-electron chi connectivity index (χ0n) is 20.8. The third kappa shape index (κ3) is 8.43. The first-order valence-corrected chi connectivity index (χ1v) is 12.8. The number of benzene rings is 2. The predicted molar refractivity (Wildman–Crippen MR) is 138 cm³/mol. The van der Waals surface area contributed by atoms with Crippen LogP contribution < -0.4 is 10.1 Å². The molecule has 5 nitrogen and oxygen atoms in total. The first-order chi connectivity index (χ1) is 15.8. The third-order valence-electron chi connectivity index (χ3n) is 5.65. The molecule has 33 heavy (non-hydrogen) atoms. The van der Waals surface area contributed by atoms with Gasteiger partial charge in [-0.15, -0.1) is 11.8 Å². The van der Waals surface area contributed by atoms with Crippen LogP contribution in [0.5, 0.6) is 5.75 Å². The van der Waals surface area contributed by atoms with Crippen molar-refractivity contribution < 1.29 is 14.3 Å². The molecular formula is C27H38N2O3S. The van der Waals surface area contributed by atoms with Gasteiger partial charge >= 0.3 is 0 Å². The van der Waals surface area contributed by atoms with Crippen LogP contribution >= 0.6 is 11.8 Å². The Morgan fingerprint density at radius 3 is 2.33 bits per heavy atom. The number of carbonyl (C=O) groups excluding carboxylic acids is 2. The molecule has 0 bridgehead atoms. The van der Waals surface area contributed by atoms with E-state index in [4.69, 9.17) is 4.74 Å². The van der Waals surface area contributed by atoms with E-state index in [1.54, 1.807) is 23.8 Å². The minimum Gasteiger partial charge on any atom is -0.497 e. The molecule has 2 aromatic rings. The molecule has 0 saturated heterocycles. The van der Waals surface area contributed by atoms with E-state index in [0.29, 0.717) is 18.7 Å². The van der Waals surface area contributed by atoms with Crippen LogP contribution in [0.2, 0.25) is 0 Å². The van der Waals surface area contributed by atoms with E-state index in [9.17, 15) is 9.59 Å². The summed E-state index contributed by atoms with van der Waals surface area (Å²) in [6.45, 7) is 10.5. The molecule has 0 heterocycles. The number of hydrogen-bond acceptors (Lipinski definition) is 4. The van der Waals surface area contributed by atoms with E-state index < -0.39 is 6.04 Å². The Labute approximate surface area is 203 Å². The van der Waals surface area contributed by atoms with Crippen molar-refractivity contribution in [1.29, 1.82) is 0 Å². The van der Waals surface area contributed by atoms with Crippen molar-refractivity contribution in [3.05, 3.63) is 64.7 Å². The Morgan fingerprint density at radius 2 is 1.73 bits per heavy atom. The minimum absolute atomic E-state index is 0.0293. The highest BCUT2D eigenvalue weighted by atomic mass is 32.2. The summed E-state index contributed by atoms with van der Waals surface area (Å²) in [5.74, 6) is 1.70. The first-order valence-electron chi connectivity index (χ1n) is 11.6. The number of ether oxygens (including phenoxy) is 1. The zero-order valence-corrected chi connectivity index (χ0v) is 21.6. The van der Waals surface area contributed by atoms with Gasteiger partial charge in [0.05, 0.1) is 12.9 Å². The lowest BCUT2D eigenvalue weighted by Gasteiger charge is -2.31. The van der Waals surface area contributed by atoms with Crippen molar-refractivity contribution in [3.63, 3.8) is 0 Å². The van der Waals surface area contributed by atoms with E-state index in [-0.39, 0.29) is 17.9 Å². The maximum absolute atomic E-state index is 13.4. The summed E-state index contributed by atoms with van der Waals surface area (Å²) in [5, 5.41) is 3.05. The van der Waals surface area contributed by atoms with Crippen LogP contribution in [-0.4, -0.2) is 41.7 Å².